The molecule has 1 aliphatic carbocycles. The zero-order chi connectivity index (χ0) is 30.4. The van der Waals surface area contributed by atoms with Crippen LogP contribution in [0.5, 0.6) is 5.75 Å². The molecule has 220 valence electrons. The van der Waals surface area contributed by atoms with Gasteiger partial charge in [-0.1, -0.05) is 44.5 Å². The van der Waals surface area contributed by atoms with Crippen LogP contribution in [0.1, 0.15) is 61.1 Å². The van der Waals surface area contributed by atoms with E-state index in [1.54, 1.807) is 36.5 Å². The average molecular weight is 594 g/mol. The molecule has 0 saturated heterocycles. The molecule has 1 aliphatic heterocycles. The number of nitrogens with zero attached hydrogens (tertiary/aromatic N) is 1. The molecule has 2 amide bonds. The van der Waals surface area contributed by atoms with Gasteiger partial charge in [-0.3, -0.25) is 14.6 Å². The number of nitrogens with one attached hydrogen (secondary N) is 2. The SMILES string of the molecule is COC(=O)c1ccc(NC(=O)[C@@H]2C[C@@H](CC(C)(C)C)[C@@]3(C(=O)Nc4cccnc43)[C@H]2c2cccc(Cl)c2F)c(OC)c1. The number of benzene rings is 2. The number of hydrogen-bond acceptors (Lipinski definition) is 6. The second-order valence-corrected chi connectivity index (χ2v) is 12.5. The minimum atomic E-state index is -1.32. The van der Waals surface area contributed by atoms with Gasteiger partial charge in [0.15, 0.2) is 0 Å². The van der Waals surface area contributed by atoms with Crippen molar-refractivity contribution in [2.75, 3.05) is 24.9 Å². The van der Waals surface area contributed by atoms with Gasteiger partial charge in [0.1, 0.15) is 17.0 Å². The summed E-state index contributed by atoms with van der Waals surface area (Å²) in [5.74, 6) is -3.81. The molecular weight excluding hydrogens is 561 g/mol. The lowest BCUT2D eigenvalue weighted by Gasteiger charge is -2.38. The summed E-state index contributed by atoms with van der Waals surface area (Å²) in [5, 5.41) is 5.81. The summed E-state index contributed by atoms with van der Waals surface area (Å²) in [7, 11) is 2.70. The molecule has 1 saturated carbocycles. The first kappa shape index (κ1) is 29.5. The summed E-state index contributed by atoms with van der Waals surface area (Å²) in [6, 6.07) is 12.7. The van der Waals surface area contributed by atoms with Gasteiger partial charge >= 0.3 is 5.97 Å². The summed E-state index contributed by atoms with van der Waals surface area (Å²) < 4.78 is 26.2. The van der Waals surface area contributed by atoms with Crippen molar-refractivity contribution in [3.05, 3.63) is 82.4 Å². The number of amides is 2. The maximum atomic E-state index is 15.9. The third kappa shape index (κ3) is 4.89. The summed E-state index contributed by atoms with van der Waals surface area (Å²) in [6.07, 6.45) is 2.49. The Balaban J connectivity index is 1.67. The quantitative estimate of drug-likeness (QED) is 0.322. The summed E-state index contributed by atoms with van der Waals surface area (Å²) >= 11 is 6.27. The van der Waals surface area contributed by atoms with Crippen molar-refractivity contribution in [1.29, 1.82) is 0 Å². The number of carbonyl (C=O) groups excluding carboxylic acids is 3. The Labute approximate surface area is 249 Å². The number of aromatic nitrogens is 1. The Kier molecular flexibility index (Phi) is 7.74. The Bertz CT molecular complexity index is 1570. The Hall–Kier alpha value is -3.98. The van der Waals surface area contributed by atoms with E-state index in [1.807, 2.05) is 0 Å². The second-order valence-electron chi connectivity index (χ2n) is 12.0. The normalized spacial score (nSPS) is 22.9. The smallest absolute Gasteiger partial charge is 0.337 e. The van der Waals surface area contributed by atoms with Crippen LogP contribution in [-0.4, -0.2) is 37.0 Å². The molecule has 0 bridgehead atoms. The lowest BCUT2D eigenvalue weighted by atomic mass is 9.63. The van der Waals surface area contributed by atoms with Crippen LogP contribution in [0.4, 0.5) is 15.8 Å². The molecule has 2 N–H and O–H groups in total. The summed E-state index contributed by atoms with van der Waals surface area (Å²) in [4.78, 5) is 45.1. The first-order chi connectivity index (χ1) is 19.9. The van der Waals surface area contributed by atoms with Crippen LogP contribution in [0.15, 0.2) is 54.7 Å². The van der Waals surface area contributed by atoms with Crippen LogP contribution >= 0.6 is 11.6 Å². The van der Waals surface area contributed by atoms with Crippen LogP contribution in [0.3, 0.4) is 0 Å². The van der Waals surface area contributed by atoms with E-state index in [4.69, 9.17) is 21.1 Å². The number of esters is 1. The number of carbonyl (C=O) groups is 3. The molecule has 0 unspecified atom stereocenters. The summed E-state index contributed by atoms with van der Waals surface area (Å²) in [5.41, 5.74) is 0.269. The number of methoxy groups -OCH3 is 2. The third-order valence-electron chi connectivity index (χ3n) is 8.29. The van der Waals surface area contributed by atoms with Crippen molar-refractivity contribution in [1.82, 2.24) is 4.98 Å². The van der Waals surface area contributed by atoms with E-state index in [9.17, 15) is 14.4 Å². The number of anilines is 2. The first-order valence-corrected chi connectivity index (χ1v) is 14.1. The fourth-order valence-corrected chi connectivity index (χ4v) is 6.95. The molecule has 8 nitrogen and oxygen atoms in total. The molecule has 1 spiro atoms. The van der Waals surface area contributed by atoms with Gasteiger partial charge in [0.25, 0.3) is 0 Å². The van der Waals surface area contributed by atoms with Crippen LogP contribution in [0.25, 0.3) is 0 Å². The molecule has 42 heavy (non-hydrogen) atoms. The number of hydrogen-bond donors (Lipinski definition) is 2. The highest BCUT2D eigenvalue weighted by atomic mass is 35.5. The zero-order valence-electron chi connectivity index (χ0n) is 24.1. The summed E-state index contributed by atoms with van der Waals surface area (Å²) in [6.45, 7) is 6.22. The molecule has 4 atom stereocenters. The van der Waals surface area contributed by atoms with Gasteiger partial charge in [0.05, 0.1) is 41.9 Å². The van der Waals surface area contributed by atoms with Gasteiger partial charge in [-0.2, -0.15) is 0 Å². The van der Waals surface area contributed by atoms with Gasteiger partial charge in [-0.05, 0) is 66.1 Å². The number of rotatable bonds is 6. The van der Waals surface area contributed by atoms with Gasteiger partial charge in [-0.15, -0.1) is 0 Å². The van der Waals surface area contributed by atoms with Crippen molar-refractivity contribution < 1.29 is 28.2 Å². The number of halogens is 2. The Morgan fingerprint density at radius 1 is 1.17 bits per heavy atom. The zero-order valence-corrected chi connectivity index (χ0v) is 24.8. The fraction of sp³-hybridized carbons (Fsp3) is 0.375. The minimum Gasteiger partial charge on any atom is -0.495 e. The largest absolute Gasteiger partial charge is 0.495 e. The third-order valence-corrected chi connectivity index (χ3v) is 8.58. The maximum Gasteiger partial charge on any atom is 0.337 e. The van der Waals surface area contributed by atoms with E-state index in [0.717, 1.165) is 0 Å². The first-order valence-electron chi connectivity index (χ1n) is 13.7. The van der Waals surface area contributed by atoms with Crippen molar-refractivity contribution >= 4 is 40.8 Å². The predicted octanol–water partition coefficient (Wildman–Crippen LogP) is 6.35. The van der Waals surface area contributed by atoms with E-state index in [1.165, 1.54) is 32.4 Å². The van der Waals surface area contributed by atoms with Gasteiger partial charge in [0, 0.05) is 18.0 Å². The van der Waals surface area contributed by atoms with E-state index in [2.05, 4.69) is 36.4 Å². The molecule has 5 rings (SSSR count). The van der Waals surface area contributed by atoms with Gasteiger partial charge in [-0.25, -0.2) is 9.18 Å². The monoisotopic (exact) mass is 593 g/mol. The molecule has 2 heterocycles. The highest BCUT2D eigenvalue weighted by Crippen LogP contribution is 2.63. The standard InChI is InChI=1S/C32H33ClFN3O5/c1-31(2,3)16-18-15-20(28(38)36-22-12-11-17(29(39)42-5)14-24(22)41-4)25(19-8-6-9-21(33)26(19)34)32(18)27-23(37-30(32)40)10-7-13-35-27/h6-14,18,20,25H,15-16H2,1-5H3,(H,36,38)(H,37,40)/t18-,20+,25-,32+/m0/s1. The number of ether oxygens (including phenoxy) is 2. The number of fused-ring (bicyclic) bond motifs is 2. The molecule has 1 fully saturated rings. The van der Waals surface area contributed by atoms with Crippen molar-refractivity contribution in [2.24, 2.45) is 17.3 Å². The topological polar surface area (TPSA) is 107 Å². The molecular formula is C32H33ClFN3O5. The van der Waals surface area contributed by atoms with Crippen molar-refractivity contribution in [3.63, 3.8) is 0 Å². The molecule has 1 aromatic heterocycles. The maximum absolute atomic E-state index is 15.9. The van der Waals surface area contributed by atoms with E-state index in [-0.39, 0.29) is 39.1 Å². The lowest BCUT2D eigenvalue weighted by Crippen LogP contribution is -2.45. The van der Waals surface area contributed by atoms with E-state index in [0.29, 0.717) is 29.9 Å². The lowest BCUT2D eigenvalue weighted by molar-refractivity contribution is -0.123. The molecule has 0 radical (unpaired) electrons. The van der Waals surface area contributed by atoms with Crippen LogP contribution < -0.4 is 15.4 Å². The van der Waals surface area contributed by atoms with Crippen LogP contribution in [0, 0.1) is 23.1 Å². The van der Waals surface area contributed by atoms with E-state index < -0.39 is 34.9 Å². The Morgan fingerprint density at radius 2 is 1.93 bits per heavy atom. The fourth-order valence-electron chi connectivity index (χ4n) is 6.77. The van der Waals surface area contributed by atoms with Gasteiger partial charge < -0.3 is 20.1 Å². The molecule has 2 aromatic carbocycles. The second kappa shape index (κ2) is 11.0. The van der Waals surface area contributed by atoms with Crippen molar-refractivity contribution in [2.45, 2.75) is 44.9 Å². The highest BCUT2D eigenvalue weighted by molar-refractivity contribution is 6.30. The van der Waals surface area contributed by atoms with E-state index >= 15 is 4.39 Å². The van der Waals surface area contributed by atoms with Gasteiger partial charge in [0.2, 0.25) is 11.8 Å². The predicted molar refractivity (Wildman–Crippen MR) is 157 cm³/mol. The average Bonchev–Trinajstić information content (AvgIpc) is 3.44. The van der Waals surface area contributed by atoms with Crippen molar-refractivity contribution in [3.8, 4) is 5.75 Å². The molecule has 2 aliphatic rings. The Morgan fingerprint density at radius 3 is 2.62 bits per heavy atom. The number of pyridine rings is 1. The molecule has 10 heteroatoms. The highest BCUT2D eigenvalue weighted by Gasteiger charge is 2.67. The molecule has 3 aromatic rings. The van der Waals surface area contributed by atoms with Crippen LogP contribution in [-0.2, 0) is 19.7 Å². The minimum absolute atomic E-state index is 0.0965. The van der Waals surface area contributed by atoms with Crippen LogP contribution in [0.2, 0.25) is 5.02 Å².